The predicted octanol–water partition coefficient (Wildman–Crippen LogP) is 3.13. The number of hydrogen-bond acceptors (Lipinski definition) is 5. The van der Waals surface area contributed by atoms with Crippen LogP contribution in [0.2, 0.25) is 0 Å². The average Bonchev–Trinajstić information content (AvgIpc) is 3.08. The van der Waals surface area contributed by atoms with Crippen molar-refractivity contribution in [1.82, 2.24) is 20.0 Å². The number of rotatable bonds is 9. The molecule has 0 bridgehead atoms. The summed E-state index contributed by atoms with van der Waals surface area (Å²) in [6.07, 6.45) is 3.91. The summed E-state index contributed by atoms with van der Waals surface area (Å²) in [5.41, 5.74) is 2.02. The Hall–Kier alpha value is -2.01. The Morgan fingerprint density at radius 2 is 2.03 bits per heavy atom. The fourth-order valence-electron chi connectivity index (χ4n) is 2.82. The number of benzene rings is 1. The lowest BCUT2D eigenvalue weighted by Gasteiger charge is -2.22. The molecule has 2 aromatic rings. The number of likely N-dealkylation sites (N-methyl/N-ethyl adjacent to an activating group) is 1. The second-order valence-electron chi connectivity index (χ2n) is 6.57. The molecule has 0 saturated heterocycles. The molecule has 1 aromatic carbocycles. The van der Waals surface area contributed by atoms with Gasteiger partial charge in [0.1, 0.15) is 0 Å². The number of nitrogens with zero attached hydrogens (tertiary/aromatic N) is 4. The van der Waals surface area contributed by atoms with Crippen molar-refractivity contribution in [1.29, 1.82) is 0 Å². The molecule has 1 atom stereocenters. The van der Waals surface area contributed by atoms with Crippen molar-refractivity contribution in [3.63, 3.8) is 0 Å². The summed E-state index contributed by atoms with van der Waals surface area (Å²) in [7, 11) is 7.65. The molecule has 162 valence electrons. The van der Waals surface area contributed by atoms with Crippen molar-refractivity contribution < 1.29 is 9.47 Å². The summed E-state index contributed by atoms with van der Waals surface area (Å²) < 4.78 is 12.8. The van der Waals surface area contributed by atoms with Crippen LogP contribution in [0, 0.1) is 0 Å². The van der Waals surface area contributed by atoms with Gasteiger partial charge in [-0.3, -0.25) is 9.67 Å². The molecule has 0 saturated carbocycles. The summed E-state index contributed by atoms with van der Waals surface area (Å²) in [6.45, 7) is 5.93. The third kappa shape index (κ3) is 7.39. The largest absolute Gasteiger partial charge is 0.493 e. The first-order chi connectivity index (χ1) is 13.5. The third-order valence-corrected chi connectivity index (χ3v) is 4.23. The molecular formula is C20H33IN6O2. The quantitative estimate of drug-likeness (QED) is 0.303. The molecule has 0 aliphatic carbocycles. The van der Waals surface area contributed by atoms with Gasteiger partial charge < -0.3 is 25.0 Å². The Labute approximate surface area is 190 Å². The Morgan fingerprint density at radius 1 is 1.28 bits per heavy atom. The molecule has 1 heterocycles. The molecular weight excluding hydrogens is 483 g/mol. The van der Waals surface area contributed by atoms with Crippen molar-refractivity contribution in [2.24, 2.45) is 12.0 Å². The van der Waals surface area contributed by atoms with E-state index in [4.69, 9.17) is 14.5 Å². The van der Waals surface area contributed by atoms with Gasteiger partial charge in [0.25, 0.3) is 0 Å². The Kier molecular flexibility index (Phi) is 10.8. The summed E-state index contributed by atoms with van der Waals surface area (Å²) in [6, 6.07) is 5.88. The number of hydrogen-bond donors (Lipinski definition) is 2. The van der Waals surface area contributed by atoms with Gasteiger partial charge in [0.2, 0.25) is 0 Å². The van der Waals surface area contributed by atoms with E-state index >= 15 is 0 Å². The maximum absolute atomic E-state index is 5.66. The van der Waals surface area contributed by atoms with Gasteiger partial charge >= 0.3 is 0 Å². The summed E-state index contributed by atoms with van der Waals surface area (Å²) in [4.78, 5) is 6.92. The molecule has 8 nitrogen and oxygen atoms in total. The topological polar surface area (TPSA) is 75.9 Å². The van der Waals surface area contributed by atoms with Gasteiger partial charge in [-0.15, -0.1) is 24.0 Å². The molecule has 2 N–H and O–H groups in total. The van der Waals surface area contributed by atoms with Crippen LogP contribution in [-0.4, -0.2) is 61.5 Å². The standard InChI is InChI=1S/C20H32N6O2.HI/c1-7-21-20(22-13-17(25(3)4)15-12-23-26(5)14-15)24-16-9-10-18(27-6)19(11-16)28-8-2;/h9-12,14,17H,7-8,13H2,1-6H3,(H2,21,22,24);1H. The molecule has 29 heavy (non-hydrogen) atoms. The van der Waals surface area contributed by atoms with Crippen LogP contribution in [0.1, 0.15) is 25.5 Å². The van der Waals surface area contributed by atoms with Crippen LogP contribution in [0.5, 0.6) is 11.5 Å². The highest BCUT2D eigenvalue weighted by molar-refractivity contribution is 14.0. The number of ether oxygens (including phenoxy) is 2. The number of aliphatic imine (C=N–C) groups is 1. The smallest absolute Gasteiger partial charge is 0.195 e. The van der Waals surface area contributed by atoms with Crippen molar-refractivity contribution in [3.8, 4) is 11.5 Å². The van der Waals surface area contributed by atoms with E-state index < -0.39 is 0 Å². The van der Waals surface area contributed by atoms with Crippen LogP contribution in [-0.2, 0) is 7.05 Å². The van der Waals surface area contributed by atoms with E-state index in [1.807, 2.05) is 70.3 Å². The van der Waals surface area contributed by atoms with Crippen LogP contribution in [0.15, 0.2) is 35.6 Å². The first-order valence-corrected chi connectivity index (χ1v) is 9.49. The van der Waals surface area contributed by atoms with E-state index in [0.29, 0.717) is 30.6 Å². The highest BCUT2D eigenvalue weighted by Crippen LogP contribution is 2.30. The summed E-state index contributed by atoms with van der Waals surface area (Å²) in [5, 5.41) is 10.9. The van der Waals surface area contributed by atoms with Gasteiger partial charge in [0, 0.05) is 37.1 Å². The molecule has 0 radical (unpaired) electrons. The van der Waals surface area contributed by atoms with Gasteiger partial charge in [-0.05, 0) is 40.1 Å². The first kappa shape index (κ1) is 25.0. The predicted molar refractivity (Wildman–Crippen MR) is 129 cm³/mol. The van der Waals surface area contributed by atoms with E-state index in [9.17, 15) is 0 Å². The first-order valence-electron chi connectivity index (χ1n) is 9.49. The number of aromatic nitrogens is 2. The van der Waals surface area contributed by atoms with Crippen molar-refractivity contribution in [2.45, 2.75) is 19.9 Å². The van der Waals surface area contributed by atoms with Crippen LogP contribution in [0.4, 0.5) is 5.69 Å². The van der Waals surface area contributed by atoms with Crippen molar-refractivity contribution in [3.05, 3.63) is 36.2 Å². The monoisotopic (exact) mass is 516 g/mol. The third-order valence-electron chi connectivity index (χ3n) is 4.23. The fourth-order valence-corrected chi connectivity index (χ4v) is 2.82. The molecule has 0 aliphatic heterocycles. The normalized spacial score (nSPS) is 12.3. The average molecular weight is 516 g/mol. The Bertz CT molecular complexity index is 778. The number of anilines is 1. The molecule has 2 rings (SSSR count). The molecule has 0 amide bonds. The molecule has 1 aromatic heterocycles. The van der Waals surface area contributed by atoms with E-state index in [1.165, 1.54) is 0 Å². The van der Waals surface area contributed by atoms with Crippen molar-refractivity contribution in [2.75, 3.05) is 46.2 Å². The minimum Gasteiger partial charge on any atom is -0.493 e. The summed E-state index contributed by atoms with van der Waals surface area (Å²) in [5.74, 6) is 2.12. The maximum atomic E-state index is 5.66. The van der Waals surface area contributed by atoms with E-state index in [1.54, 1.807) is 7.11 Å². The van der Waals surface area contributed by atoms with E-state index in [2.05, 4.69) is 20.6 Å². The number of nitrogens with one attached hydrogen (secondary N) is 2. The second kappa shape index (κ2) is 12.5. The van der Waals surface area contributed by atoms with Gasteiger partial charge in [-0.25, -0.2) is 0 Å². The maximum Gasteiger partial charge on any atom is 0.195 e. The van der Waals surface area contributed by atoms with Crippen molar-refractivity contribution >= 4 is 35.6 Å². The fraction of sp³-hybridized carbons (Fsp3) is 0.500. The lowest BCUT2D eigenvalue weighted by molar-refractivity contribution is 0.306. The van der Waals surface area contributed by atoms with Gasteiger partial charge in [-0.1, -0.05) is 0 Å². The Morgan fingerprint density at radius 3 is 2.59 bits per heavy atom. The molecule has 0 fully saturated rings. The highest BCUT2D eigenvalue weighted by atomic mass is 127. The zero-order valence-electron chi connectivity index (χ0n) is 18.1. The zero-order chi connectivity index (χ0) is 20.5. The van der Waals surface area contributed by atoms with Crippen LogP contribution in [0.25, 0.3) is 0 Å². The number of aryl methyl sites for hydroxylation is 1. The molecule has 0 spiro atoms. The SMILES string of the molecule is CCNC(=NCC(c1cnn(C)c1)N(C)C)Nc1ccc(OC)c(OCC)c1.I. The van der Waals surface area contributed by atoms with E-state index in [-0.39, 0.29) is 30.0 Å². The number of guanidine groups is 1. The van der Waals surface area contributed by atoms with E-state index in [0.717, 1.165) is 17.8 Å². The van der Waals surface area contributed by atoms with Crippen LogP contribution < -0.4 is 20.1 Å². The van der Waals surface area contributed by atoms with Gasteiger partial charge in [-0.2, -0.15) is 5.10 Å². The van der Waals surface area contributed by atoms with Crippen LogP contribution in [0.3, 0.4) is 0 Å². The van der Waals surface area contributed by atoms with Gasteiger partial charge in [0.15, 0.2) is 17.5 Å². The molecule has 0 aliphatic rings. The zero-order valence-corrected chi connectivity index (χ0v) is 20.4. The number of methoxy groups -OCH3 is 1. The lowest BCUT2D eigenvalue weighted by Crippen LogP contribution is -2.32. The summed E-state index contributed by atoms with van der Waals surface area (Å²) >= 11 is 0. The lowest BCUT2D eigenvalue weighted by atomic mass is 10.1. The second-order valence-corrected chi connectivity index (χ2v) is 6.57. The Balaban J connectivity index is 0.00000420. The van der Waals surface area contributed by atoms with Crippen LogP contribution >= 0.6 is 24.0 Å². The molecule has 1 unspecified atom stereocenters. The minimum absolute atomic E-state index is 0. The minimum atomic E-state index is 0. The van der Waals surface area contributed by atoms with Gasteiger partial charge in [0.05, 0.1) is 32.5 Å². The molecule has 9 heteroatoms. The number of halogens is 1. The highest BCUT2D eigenvalue weighted by Gasteiger charge is 2.16.